The zero-order valence-electron chi connectivity index (χ0n) is 13.1. The summed E-state index contributed by atoms with van der Waals surface area (Å²) >= 11 is 1.16. The Kier molecular flexibility index (Phi) is 4.61. The van der Waals surface area contributed by atoms with Crippen LogP contribution in [-0.2, 0) is 11.8 Å². The number of anilines is 1. The second-order valence-corrected chi connectivity index (χ2v) is 6.02. The summed E-state index contributed by atoms with van der Waals surface area (Å²) in [6.45, 7) is 1.85. The summed E-state index contributed by atoms with van der Waals surface area (Å²) in [4.78, 5) is 16.2. The Labute approximate surface area is 141 Å². The highest BCUT2D eigenvalue weighted by atomic mass is 32.2. The van der Waals surface area contributed by atoms with Gasteiger partial charge < -0.3 is 5.32 Å². The number of aryl methyl sites for hydroxylation is 2. The van der Waals surface area contributed by atoms with Gasteiger partial charge in [0.05, 0.1) is 17.0 Å². The van der Waals surface area contributed by atoms with Crippen LogP contribution >= 0.6 is 11.8 Å². The van der Waals surface area contributed by atoms with E-state index in [1.807, 2.05) is 6.92 Å². The Morgan fingerprint density at radius 2 is 2.21 bits per heavy atom. The maximum absolute atomic E-state index is 13.7. The highest BCUT2D eigenvalue weighted by Gasteiger charge is 2.12. The summed E-state index contributed by atoms with van der Waals surface area (Å²) in [5.41, 5.74) is 1.16. The Morgan fingerprint density at radius 1 is 1.42 bits per heavy atom. The minimum absolute atomic E-state index is 0.138. The molecule has 7 nitrogen and oxygen atoms in total. The maximum atomic E-state index is 13.7. The van der Waals surface area contributed by atoms with E-state index in [0.29, 0.717) is 22.4 Å². The number of hydrogen-bond acceptors (Lipinski definition) is 5. The van der Waals surface area contributed by atoms with Gasteiger partial charge in [-0.05, 0) is 19.1 Å². The summed E-state index contributed by atoms with van der Waals surface area (Å²) in [6, 6.07) is 8.08. The fraction of sp³-hybridized carbons (Fsp3) is 0.200. The van der Waals surface area contributed by atoms with Gasteiger partial charge in [-0.15, -0.1) is 5.10 Å². The zero-order chi connectivity index (χ0) is 17.1. The molecule has 0 aliphatic rings. The van der Waals surface area contributed by atoms with Crippen molar-refractivity contribution >= 4 is 23.5 Å². The average molecular weight is 346 g/mol. The molecule has 2 aromatic heterocycles. The van der Waals surface area contributed by atoms with Gasteiger partial charge in [0.1, 0.15) is 11.6 Å². The molecule has 0 radical (unpaired) electrons. The van der Waals surface area contributed by atoms with Crippen LogP contribution in [0.4, 0.5) is 10.2 Å². The third-order valence-electron chi connectivity index (χ3n) is 3.20. The van der Waals surface area contributed by atoms with Crippen molar-refractivity contribution in [3.05, 3.63) is 41.8 Å². The van der Waals surface area contributed by atoms with E-state index in [0.717, 1.165) is 17.5 Å². The van der Waals surface area contributed by atoms with E-state index >= 15 is 0 Å². The van der Waals surface area contributed by atoms with Crippen LogP contribution in [0, 0.1) is 12.7 Å². The fourth-order valence-electron chi connectivity index (χ4n) is 2.12. The zero-order valence-corrected chi connectivity index (χ0v) is 13.9. The van der Waals surface area contributed by atoms with Gasteiger partial charge in [0.25, 0.3) is 0 Å². The van der Waals surface area contributed by atoms with Crippen LogP contribution < -0.4 is 5.32 Å². The van der Waals surface area contributed by atoms with Crippen LogP contribution in [0.3, 0.4) is 0 Å². The minimum atomic E-state index is -0.380. The molecule has 0 aliphatic heterocycles. The lowest BCUT2D eigenvalue weighted by Gasteiger charge is -2.03. The minimum Gasteiger partial charge on any atom is -0.310 e. The Balaban J connectivity index is 1.60. The van der Waals surface area contributed by atoms with Gasteiger partial charge in [-0.3, -0.25) is 14.6 Å². The molecule has 124 valence electrons. The molecular formula is C15H15FN6OS. The average Bonchev–Trinajstić information content (AvgIpc) is 3.13. The smallest absolute Gasteiger partial charge is 0.235 e. The molecule has 0 aliphatic carbocycles. The number of aromatic nitrogens is 5. The van der Waals surface area contributed by atoms with E-state index in [4.69, 9.17) is 0 Å². The molecule has 3 aromatic rings. The van der Waals surface area contributed by atoms with E-state index < -0.39 is 0 Å². The van der Waals surface area contributed by atoms with Gasteiger partial charge >= 0.3 is 0 Å². The first-order valence-electron chi connectivity index (χ1n) is 7.13. The number of nitrogens with one attached hydrogen (secondary N) is 2. The van der Waals surface area contributed by atoms with Crippen LogP contribution in [0.15, 0.2) is 35.5 Å². The Bertz CT molecular complexity index is 874. The largest absolute Gasteiger partial charge is 0.310 e. The molecule has 0 bridgehead atoms. The first kappa shape index (κ1) is 16.2. The number of carbonyl (C=O) groups excluding carboxylic acids is 1. The van der Waals surface area contributed by atoms with Crippen LogP contribution in [0.1, 0.15) is 5.69 Å². The van der Waals surface area contributed by atoms with Crippen molar-refractivity contribution < 1.29 is 9.18 Å². The van der Waals surface area contributed by atoms with Crippen molar-refractivity contribution in [3.63, 3.8) is 0 Å². The van der Waals surface area contributed by atoms with E-state index in [1.54, 1.807) is 36.0 Å². The standard InChI is InChI=1S/C15H15FN6OS/c1-9-7-12(22(2)21-9)17-13(23)8-24-15-18-14(19-20-15)10-5-3-4-6-11(10)16/h3-7H,8H2,1-2H3,(H,17,23)(H,18,19,20). The van der Waals surface area contributed by atoms with Crippen molar-refractivity contribution in [1.82, 2.24) is 25.0 Å². The van der Waals surface area contributed by atoms with Crippen molar-refractivity contribution in [3.8, 4) is 11.4 Å². The highest BCUT2D eigenvalue weighted by Crippen LogP contribution is 2.21. The number of nitrogens with zero attached hydrogens (tertiary/aromatic N) is 4. The lowest BCUT2D eigenvalue weighted by atomic mass is 10.2. The molecule has 0 unspecified atom stereocenters. The highest BCUT2D eigenvalue weighted by molar-refractivity contribution is 7.99. The van der Waals surface area contributed by atoms with Gasteiger partial charge in [0, 0.05) is 13.1 Å². The first-order chi connectivity index (χ1) is 11.5. The molecule has 3 rings (SSSR count). The molecule has 2 heterocycles. The summed E-state index contributed by atoms with van der Waals surface area (Å²) in [5.74, 6) is 0.520. The van der Waals surface area contributed by atoms with Crippen molar-refractivity contribution in [2.45, 2.75) is 12.1 Å². The monoisotopic (exact) mass is 346 g/mol. The van der Waals surface area contributed by atoms with E-state index in [1.165, 1.54) is 6.07 Å². The number of hydrogen-bond donors (Lipinski definition) is 2. The topological polar surface area (TPSA) is 88.5 Å². The summed E-state index contributed by atoms with van der Waals surface area (Å²) < 4.78 is 15.3. The van der Waals surface area contributed by atoms with Gasteiger partial charge in [-0.25, -0.2) is 9.37 Å². The van der Waals surface area contributed by atoms with Crippen LogP contribution in [0.25, 0.3) is 11.4 Å². The van der Waals surface area contributed by atoms with Gasteiger partial charge in [-0.2, -0.15) is 5.10 Å². The van der Waals surface area contributed by atoms with Crippen LogP contribution in [-0.4, -0.2) is 36.6 Å². The van der Waals surface area contributed by atoms with Gasteiger partial charge in [0.2, 0.25) is 11.1 Å². The third-order valence-corrected chi connectivity index (χ3v) is 4.04. The molecule has 9 heteroatoms. The van der Waals surface area contributed by atoms with Crippen LogP contribution in [0.5, 0.6) is 0 Å². The molecule has 0 spiro atoms. The molecule has 0 atom stereocenters. The predicted octanol–water partition coefficient (Wildman–Crippen LogP) is 2.38. The number of halogens is 1. The molecule has 0 saturated heterocycles. The molecule has 1 aromatic carbocycles. The van der Waals surface area contributed by atoms with Crippen molar-refractivity contribution in [2.24, 2.45) is 7.05 Å². The molecule has 1 amide bonds. The number of aromatic amines is 1. The van der Waals surface area contributed by atoms with Crippen molar-refractivity contribution in [2.75, 3.05) is 11.1 Å². The van der Waals surface area contributed by atoms with Crippen molar-refractivity contribution in [1.29, 1.82) is 0 Å². The molecular weight excluding hydrogens is 331 g/mol. The summed E-state index contributed by atoms with van der Waals surface area (Å²) in [5, 5.41) is 14.0. The lowest BCUT2D eigenvalue weighted by Crippen LogP contribution is -2.16. The summed E-state index contributed by atoms with van der Waals surface area (Å²) in [7, 11) is 1.76. The summed E-state index contributed by atoms with van der Waals surface area (Å²) in [6.07, 6.45) is 0. The number of thioether (sulfide) groups is 1. The predicted molar refractivity (Wildman–Crippen MR) is 89.1 cm³/mol. The quantitative estimate of drug-likeness (QED) is 0.693. The number of amides is 1. The molecule has 2 N–H and O–H groups in total. The maximum Gasteiger partial charge on any atom is 0.235 e. The van der Waals surface area contributed by atoms with Crippen LogP contribution in [0.2, 0.25) is 0 Å². The van der Waals surface area contributed by atoms with E-state index in [2.05, 4.69) is 25.6 Å². The molecule has 0 saturated carbocycles. The second-order valence-electron chi connectivity index (χ2n) is 5.08. The number of H-pyrrole nitrogens is 1. The Hall–Kier alpha value is -2.68. The van der Waals surface area contributed by atoms with E-state index in [-0.39, 0.29) is 17.5 Å². The number of carbonyl (C=O) groups is 1. The third kappa shape index (κ3) is 3.62. The lowest BCUT2D eigenvalue weighted by molar-refractivity contribution is -0.113. The fourth-order valence-corrected chi connectivity index (χ4v) is 2.72. The second kappa shape index (κ2) is 6.83. The number of rotatable bonds is 5. The Morgan fingerprint density at radius 3 is 2.92 bits per heavy atom. The van der Waals surface area contributed by atoms with Gasteiger partial charge in [0.15, 0.2) is 5.82 Å². The first-order valence-corrected chi connectivity index (χ1v) is 8.12. The normalized spacial score (nSPS) is 10.8. The molecule has 24 heavy (non-hydrogen) atoms. The number of benzene rings is 1. The SMILES string of the molecule is Cc1cc(NC(=O)CSc2n[nH]c(-c3ccccc3F)n2)n(C)n1. The van der Waals surface area contributed by atoms with Gasteiger partial charge in [-0.1, -0.05) is 23.9 Å². The van der Waals surface area contributed by atoms with E-state index in [9.17, 15) is 9.18 Å². The molecule has 0 fully saturated rings.